The molecule has 0 saturated heterocycles. The molecule has 0 radical (unpaired) electrons. The molecule has 0 aromatic rings. The van der Waals surface area contributed by atoms with Crippen LogP contribution in [0.2, 0.25) is 0 Å². The van der Waals surface area contributed by atoms with Crippen molar-refractivity contribution >= 4 is 5.84 Å². The Labute approximate surface area is 81.4 Å². The van der Waals surface area contributed by atoms with Gasteiger partial charge in [-0.3, -0.25) is 4.99 Å². The van der Waals surface area contributed by atoms with Crippen LogP contribution in [0.4, 0.5) is 0 Å². The molecule has 0 aromatic carbocycles. The zero-order valence-electron chi connectivity index (χ0n) is 9.42. The molecule has 78 valence electrons. The lowest BCUT2D eigenvalue weighted by Gasteiger charge is -2.24. The zero-order valence-corrected chi connectivity index (χ0v) is 9.42. The number of nitrogens with zero attached hydrogens (tertiary/aromatic N) is 1. The molecule has 3 nitrogen and oxygen atoms in total. The van der Waals surface area contributed by atoms with Crippen LogP contribution in [0.5, 0.6) is 0 Å². The molecule has 2 N–H and O–H groups in total. The minimum Gasteiger partial charge on any atom is -0.385 e. The van der Waals surface area contributed by atoms with Crippen molar-refractivity contribution in [2.45, 2.75) is 40.2 Å². The van der Waals surface area contributed by atoms with Gasteiger partial charge in [-0.1, -0.05) is 13.8 Å². The summed E-state index contributed by atoms with van der Waals surface area (Å²) in [4.78, 5) is 4.28. The minimum atomic E-state index is -0.427. The second-order valence-electron chi connectivity index (χ2n) is 4.06. The van der Waals surface area contributed by atoms with Gasteiger partial charge in [-0.15, -0.1) is 0 Å². The summed E-state index contributed by atoms with van der Waals surface area (Å²) in [6.07, 6.45) is 0. The monoisotopic (exact) mass is 186 g/mol. The molecule has 3 heteroatoms. The fraction of sp³-hybridized carbons (Fsp3) is 0.900. The van der Waals surface area contributed by atoms with Crippen molar-refractivity contribution in [1.29, 1.82) is 0 Å². The summed E-state index contributed by atoms with van der Waals surface area (Å²) in [5.74, 6) is 1.12. The number of nitrogens with two attached hydrogens (primary N) is 1. The maximum Gasteiger partial charge on any atom is 0.126 e. The third-order valence-electron chi connectivity index (χ3n) is 1.75. The predicted molar refractivity (Wildman–Crippen MR) is 57.0 cm³/mol. The molecule has 13 heavy (non-hydrogen) atoms. The van der Waals surface area contributed by atoms with Crippen molar-refractivity contribution in [1.82, 2.24) is 0 Å². The number of aliphatic imine (C=N–C) groups is 1. The van der Waals surface area contributed by atoms with Gasteiger partial charge in [0.25, 0.3) is 0 Å². The summed E-state index contributed by atoms with van der Waals surface area (Å²) >= 11 is 0. The molecule has 0 bridgehead atoms. The van der Waals surface area contributed by atoms with E-state index in [1.165, 1.54) is 0 Å². The molecular formula is C10H22N2O. The Bertz CT molecular complexity index is 174. The number of hydrogen-bond donors (Lipinski definition) is 1. The Kier molecular flexibility index (Phi) is 4.99. The van der Waals surface area contributed by atoms with Crippen molar-refractivity contribution in [2.75, 3.05) is 13.2 Å². The first-order chi connectivity index (χ1) is 5.90. The van der Waals surface area contributed by atoms with Crippen LogP contribution in [0.1, 0.15) is 34.6 Å². The largest absolute Gasteiger partial charge is 0.385 e. The lowest BCUT2D eigenvalue weighted by Crippen LogP contribution is -2.41. The molecule has 0 aliphatic rings. The molecule has 0 aliphatic carbocycles. The Morgan fingerprint density at radius 3 is 2.38 bits per heavy atom. The van der Waals surface area contributed by atoms with E-state index in [0.29, 0.717) is 18.4 Å². The number of hydrogen-bond acceptors (Lipinski definition) is 2. The van der Waals surface area contributed by atoms with Crippen LogP contribution in [0, 0.1) is 5.92 Å². The van der Waals surface area contributed by atoms with Crippen LogP contribution in [-0.2, 0) is 4.74 Å². The summed E-state index contributed by atoms with van der Waals surface area (Å²) in [6.45, 7) is 11.5. The van der Waals surface area contributed by atoms with Gasteiger partial charge >= 0.3 is 0 Å². The topological polar surface area (TPSA) is 47.6 Å². The molecule has 0 heterocycles. The van der Waals surface area contributed by atoms with E-state index in [9.17, 15) is 0 Å². The molecule has 0 fully saturated rings. The highest BCUT2D eigenvalue weighted by atomic mass is 16.5. The van der Waals surface area contributed by atoms with E-state index in [1.54, 1.807) is 0 Å². The molecule has 0 amide bonds. The van der Waals surface area contributed by atoms with E-state index in [4.69, 9.17) is 10.5 Å². The molecule has 0 aliphatic heterocycles. The van der Waals surface area contributed by atoms with E-state index in [0.717, 1.165) is 6.54 Å². The maximum atomic E-state index is 5.81. The molecular weight excluding hydrogens is 164 g/mol. The maximum absolute atomic E-state index is 5.81. The number of rotatable bonds is 5. The van der Waals surface area contributed by atoms with Gasteiger partial charge in [0.05, 0.1) is 0 Å². The quantitative estimate of drug-likeness (QED) is 0.526. The summed E-state index contributed by atoms with van der Waals surface area (Å²) in [5, 5.41) is 0. The average Bonchev–Trinajstić information content (AvgIpc) is 1.99. The predicted octanol–water partition coefficient (Wildman–Crippen LogP) is 1.81. The van der Waals surface area contributed by atoms with Crippen molar-refractivity contribution < 1.29 is 4.74 Å². The first kappa shape index (κ1) is 12.4. The Morgan fingerprint density at radius 2 is 2.00 bits per heavy atom. The van der Waals surface area contributed by atoms with Crippen molar-refractivity contribution in [3.05, 3.63) is 0 Å². The lowest BCUT2D eigenvalue weighted by molar-refractivity contribution is 0.0429. The van der Waals surface area contributed by atoms with Gasteiger partial charge in [-0.2, -0.15) is 0 Å². The van der Waals surface area contributed by atoms with Crippen LogP contribution in [0.15, 0.2) is 4.99 Å². The lowest BCUT2D eigenvalue weighted by atomic mass is 10.1. The fourth-order valence-electron chi connectivity index (χ4n) is 0.906. The second kappa shape index (κ2) is 5.22. The van der Waals surface area contributed by atoms with E-state index in [-0.39, 0.29) is 0 Å². The van der Waals surface area contributed by atoms with E-state index in [2.05, 4.69) is 18.8 Å². The summed E-state index contributed by atoms with van der Waals surface area (Å²) < 4.78 is 5.47. The van der Waals surface area contributed by atoms with Crippen LogP contribution in [0.25, 0.3) is 0 Å². The summed E-state index contributed by atoms with van der Waals surface area (Å²) in [6, 6.07) is 0. The van der Waals surface area contributed by atoms with Gasteiger partial charge in [0, 0.05) is 13.2 Å². The average molecular weight is 186 g/mol. The highest BCUT2D eigenvalue weighted by molar-refractivity contribution is 5.88. The highest BCUT2D eigenvalue weighted by Crippen LogP contribution is 2.09. The van der Waals surface area contributed by atoms with Crippen LogP contribution < -0.4 is 5.73 Å². The third kappa shape index (κ3) is 4.88. The third-order valence-corrected chi connectivity index (χ3v) is 1.75. The van der Waals surface area contributed by atoms with Gasteiger partial charge in [0.1, 0.15) is 11.4 Å². The second-order valence-corrected chi connectivity index (χ2v) is 4.06. The molecule has 0 spiro atoms. The SMILES string of the molecule is CCOC(C)(C)C(N)=NCC(C)C. The zero-order chi connectivity index (χ0) is 10.5. The number of ether oxygens (including phenoxy) is 1. The number of amidine groups is 1. The van der Waals surface area contributed by atoms with Crippen LogP contribution in [0.3, 0.4) is 0 Å². The van der Waals surface area contributed by atoms with Crippen molar-refractivity contribution in [3.8, 4) is 0 Å². The highest BCUT2D eigenvalue weighted by Gasteiger charge is 2.22. The molecule has 0 unspecified atom stereocenters. The minimum absolute atomic E-state index is 0.427. The van der Waals surface area contributed by atoms with Crippen molar-refractivity contribution in [2.24, 2.45) is 16.6 Å². The van der Waals surface area contributed by atoms with Gasteiger partial charge < -0.3 is 10.5 Å². The van der Waals surface area contributed by atoms with Crippen molar-refractivity contribution in [3.63, 3.8) is 0 Å². The van der Waals surface area contributed by atoms with E-state index < -0.39 is 5.60 Å². The van der Waals surface area contributed by atoms with Gasteiger partial charge in [0.15, 0.2) is 0 Å². The van der Waals surface area contributed by atoms with E-state index >= 15 is 0 Å². The first-order valence-corrected chi connectivity index (χ1v) is 4.84. The summed E-state index contributed by atoms with van der Waals surface area (Å²) in [5.41, 5.74) is 5.38. The van der Waals surface area contributed by atoms with Crippen LogP contribution >= 0.6 is 0 Å². The van der Waals surface area contributed by atoms with Gasteiger partial charge in [-0.25, -0.2) is 0 Å². The molecule has 0 aromatic heterocycles. The Morgan fingerprint density at radius 1 is 1.46 bits per heavy atom. The normalized spacial score (nSPS) is 13.8. The standard InChI is InChI=1S/C10H22N2O/c1-6-13-10(4,5)9(11)12-7-8(2)3/h8H,6-7H2,1-5H3,(H2,11,12). The van der Waals surface area contributed by atoms with Gasteiger partial charge in [-0.05, 0) is 26.7 Å². The smallest absolute Gasteiger partial charge is 0.126 e. The van der Waals surface area contributed by atoms with E-state index in [1.807, 2.05) is 20.8 Å². The summed E-state index contributed by atoms with van der Waals surface area (Å²) in [7, 11) is 0. The fourth-order valence-corrected chi connectivity index (χ4v) is 0.906. The molecule has 0 atom stereocenters. The Balaban J connectivity index is 4.21. The van der Waals surface area contributed by atoms with Gasteiger partial charge in [0.2, 0.25) is 0 Å². The Hall–Kier alpha value is -0.570. The first-order valence-electron chi connectivity index (χ1n) is 4.84. The van der Waals surface area contributed by atoms with Crippen LogP contribution in [-0.4, -0.2) is 24.6 Å². The molecule has 0 rings (SSSR count). The molecule has 0 saturated carbocycles.